The number of tetrazole rings is 1. The summed E-state index contributed by atoms with van der Waals surface area (Å²) in [5.74, 6) is 0.410. The molecule has 0 aromatic carbocycles. The number of hydrogen-bond acceptors (Lipinski definition) is 6. The molecule has 0 amide bonds. The van der Waals surface area contributed by atoms with Gasteiger partial charge in [0.1, 0.15) is 0 Å². The van der Waals surface area contributed by atoms with Crippen molar-refractivity contribution >= 4 is 10.0 Å². The van der Waals surface area contributed by atoms with Crippen molar-refractivity contribution in [3.8, 4) is 0 Å². The van der Waals surface area contributed by atoms with Crippen molar-refractivity contribution in [2.45, 2.75) is 19.4 Å². The topological polar surface area (TPSA) is 113 Å². The van der Waals surface area contributed by atoms with E-state index in [0.717, 1.165) is 0 Å². The van der Waals surface area contributed by atoms with E-state index in [4.69, 9.17) is 0 Å². The third-order valence-corrected chi connectivity index (χ3v) is 3.48. The van der Waals surface area contributed by atoms with Crippen LogP contribution in [0.3, 0.4) is 0 Å². The molecule has 1 unspecified atom stereocenters. The zero-order valence-corrected chi connectivity index (χ0v) is 10.1. The van der Waals surface area contributed by atoms with Gasteiger partial charge in [0.15, 0.2) is 5.82 Å². The van der Waals surface area contributed by atoms with Gasteiger partial charge < -0.3 is 5.32 Å². The van der Waals surface area contributed by atoms with Gasteiger partial charge in [-0.1, -0.05) is 5.21 Å². The van der Waals surface area contributed by atoms with Gasteiger partial charge in [0.25, 0.3) is 0 Å². The molecule has 1 aromatic heterocycles. The highest BCUT2D eigenvalue weighted by molar-refractivity contribution is 7.89. The molecule has 1 rings (SSSR count). The van der Waals surface area contributed by atoms with Crippen molar-refractivity contribution < 1.29 is 8.42 Å². The Labute approximate surface area is 94.3 Å². The van der Waals surface area contributed by atoms with E-state index < -0.39 is 16.1 Å². The number of nitrogens with one attached hydrogen (secondary N) is 3. The Morgan fingerprint density at radius 3 is 2.81 bits per heavy atom. The molecule has 92 valence electrons. The molecule has 0 saturated carbocycles. The fraction of sp³-hybridized carbons (Fsp3) is 0.857. The molecule has 16 heavy (non-hydrogen) atoms. The third kappa shape index (κ3) is 4.21. The van der Waals surface area contributed by atoms with E-state index in [1.165, 1.54) is 0 Å². The fourth-order valence-corrected chi connectivity index (χ4v) is 2.46. The van der Waals surface area contributed by atoms with Crippen molar-refractivity contribution in [3.05, 3.63) is 5.82 Å². The Bertz CT molecular complexity index is 389. The number of hydrogen-bond donors (Lipinski definition) is 3. The van der Waals surface area contributed by atoms with Crippen molar-refractivity contribution in [3.63, 3.8) is 0 Å². The lowest BCUT2D eigenvalue weighted by Gasteiger charge is -2.10. The van der Waals surface area contributed by atoms with Crippen LogP contribution in [-0.2, 0) is 10.0 Å². The smallest absolute Gasteiger partial charge is 0.212 e. The van der Waals surface area contributed by atoms with E-state index in [0.29, 0.717) is 18.8 Å². The Hall–Kier alpha value is -1.06. The highest BCUT2D eigenvalue weighted by atomic mass is 32.2. The maximum absolute atomic E-state index is 11.6. The van der Waals surface area contributed by atoms with Crippen LogP contribution in [0.1, 0.15) is 25.2 Å². The first kappa shape index (κ1) is 13.0. The second-order valence-electron chi connectivity index (χ2n) is 3.39. The third-order valence-electron chi connectivity index (χ3n) is 1.95. The Morgan fingerprint density at radius 2 is 2.25 bits per heavy atom. The molecule has 0 radical (unpaired) electrons. The minimum atomic E-state index is -3.29. The lowest BCUT2D eigenvalue weighted by atomic mass is 10.4. The van der Waals surface area contributed by atoms with Crippen LogP contribution in [0.5, 0.6) is 0 Å². The predicted octanol–water partition coefficient (Wildman–Crippen LogP) is -1.21. The minimum Gasteiger partial charge on any atom is -0.320 e. The molecular weight excluding hydrogens is 232 g/mol. The van der Waals surface area contributed by atoms with Gasteiger partial charge in [-0.3, -0.25) is 0 Å². The molecule has 1 atom stereocenters. The molecular formula is C7H16N6O2S. The monoisotopic (exact) mass is 248 g/mol. The molecule has 1 heterocycles. The summed E-state index contributed by atoms with van der Waals surface area (Å²) < 4.78 is 25.6. The van der Waals surface area contributed by atoms with Gasteiger partial charge in [-0.25, -0.2) is 13.1 Å². The molecule has 9 heteroatoms. The van der Waals surface area contributed by atoms with Crippen LogP contribution in [-0.4, -0.2) is 48.4 Å². The van der Waals surface area contributed by atoms with Gasteiger partial charge in [0.05, 0.1) is 11.8 Å². The van der Waals surface area contributed by atoms with E-state index in [1.54, 1.807) is 14.0 Å². The Kier molecular flexibility index (Phi) is 4.77. The average Bonchev–Trinajstić information content (AvgIpc) is 2.69. The lowest BCUT2D eigenvalue weighted by molar-refractivity contribution is 0.556. The zero-order chi connectivity index (χ0) is 12.0. The van der Waals surface area contributed by atoms with Gasteiger partial charge >= 0.3 is 0 Å². The maximum atomic E-state index is 11.6. The summed E-state index contributed by atoms with van der Waals surface area (Å²) in [6, 6.07) is -0.474. The first-order valence-electron chi connectivity index (χ1n) is 4.93. The highest BCUT2D eigenvalue weighted by Crippen LogP contribution is 2.05. The van der Waals surface area contributed by atoms with Gasteiger partial charge in [-0.15, -0.1) is 10.2 Å². The first-order chi connectivity index (χ1) is 7.55. The van der Waals surface area contributed by atoms with Gasteiger partial charge in [0.2, 0.25) is 10.0 Å². The standard InChI is InChI=1S/C7H16N6O2S/c1-6(7-9-12-13-10-7)11-16(14,15)5-3-4-8-2/h6,8,11H,3-5H2,1-2H3,(H,9,10,12,13). The summed E-state index contributed by atoms with van der Waals surface area (Å²) >= 11 is 0. The number of rotatable bonds is 7. The second kappa shape index (κ2) is 5.87. The average molecular weight is 248 g/mol. The SMILES string of the molecule is CNCCCS(=O)(=O)NC(C)c1nn[nH]n1. The Balaban J connectivity index is 2.46. The largest absolute Gasteiger partial charge is 0.320 e. The van der Waals surface area contributed by atoms with Crippen LogP contribution in [0.25, 0.3) is 0 Å². The van der Waals surface area contributed by atoms with Gasteiger partial charge in [-0.05, 0) is 26.9 Å². The number of aromatic amines is 1. The van der Waals surface area contributed by atoms with Crippen LogP contribution in [0.15, 0.2) is 0 Å². The molecule has 0 fully saturated rings. The van der Waals surface area contributed by atoms with E-state index in [-0.39, 0.29) is 5.75 Å². The zero-order valence-electron chi connectivity index (χ0n) is 9.27. The summed E-state index contributed by atoms with van der Waals surface area (Å²) in [5, 5.41) is 16.0. The van der Waals surface area contributed by atoms with Crippen LogP contribution in [0.4, 0.5) is 0 Å². The minimum absolute atomic E-state index is 0.0794. The van der Waals surface area contributed by atoms with Crippen LogP contribution >= 0.6 is 0 Å². The van der Waals surface area contributed by atoms with Crippen molar-refractivity contribution in [2.75, 3.05) is 19.3 Å². The molecule has 8 nitrogen and oxygen atoms in total. The highest BCUT2D eigenvalue weighted by Gasteiger charge is 2.17. The van der Waals surface area contributed by atoms with Crippen molar-refractivity contribution in [1.29, 1.82) is 0 Å². The summed E-state index contributed by atoms with van der Waals surface area (Å²) in [7, 11) is -1.51. The Morgan fingerprint density at radius 1 is 1.50 bits per heavy atom. The summed E-state index contributed by atoms with van der Waals surface area (Å²) in [4.78, 5) is 0. The number of H-pyrrole nitrogens is 1. The summed E-state index contributed by atoms with van der Waals surface area (Å²) in [6.45, 7) is 2.33. The molecule has 0 aliphatic rings. The first-order valence-corrected chi connectivity index (χ1v) is 6.58. The second-order valence-corrected chi connectivity index (χ2v) is 5.26. The van der Waals surface area contributed by atoms with Crippen LogP contribution in [0.2, 0.25) is 0 Å². The number of aromatic nitrogens is 4. The molecule has 0 saturated heterocycles. The maximum Gasteiger partial charge on any atom is 0.212 e. The molecule has 0 spiro atoms. The number of nitrogens with zero attached hydrogens (tertiary/aromatic N) is 3. The normalized spacial score (nSPS) is 13.9. The van der Waals surface area contributed by atoms with E-state index in [1.807, 2.05) is 0 Å². The molecule has 3 N–H and O–H groups in total. The van der Waals surface area contributed by atoms with E-state index in [2.05, 4.69) is 30.7 Å². The van der Waals surface area contributed by atoms with Crippen LogP contribution in [0, 0.1) is 0 Å². The number of sulfonamides is 1. The van der Waals surface area contributed by atoms with Crippen molar-refractivity contribution in [2.24, 2.45) is 0 Å². The van der Waals surface area contributed by atoms with E-state index >= 15 is 0 Å². The predicted molar refractivity (Wildman–Crippen MR) is 58.1 cm³/mol. The summed E-state index contributed by atoms with van der Waals surface area (Å²) in [6.07, 6.45) is 0.560. The van der Waals surface area contributed by atoms with Crippen molar-refractivity contribution in [1.82, 2.24) is 30.7 Å². The van der Waals surface area contributed by atoms with E-state index in [9.17, 15) is 8.42 Å². The molecule has 0 aliphatic heterocycles. The molecule has 0 aliphatic carbocycles. The summed E-state index contributed by atoms with van der Waals surface area (Å²) in [5.41, 5.74) is 0. The van der Waals surface area contributed by atoms with Gasteiger partial charge in [-0.2, -0.15) is 5.21 Å². The molecule has 0 bridgehead atoms. The van der Waals surface area contributed by atoms with Crippen LogP contribution < -0.4 is 10.0 Å². The molecule has 1 aromatic rings. The lowest BCUT2D eigenvalue weighted by Crippen LogP contribution is -2.30. The van der Waals surface area contributed by atoms with Gasteiger partial charge in [0, 0.05) is 0 Å². The quantitative estimate of drug-likeness (QED) is 0.522. The fourth-order valence-electron chi connectivity index (χ4n) is 1.17.